The van der Waals surface area contributed by atoms with Crippen molar-refractivity contribution < 1.29 is 23.7 Å². The molecule has 2 aromatic heterocycles. The molecule has 0 bridgehead atoms. The standard InChI is InChI=1S/C27H34N2O5/c1-17(2)34-27(30)23-15-22-13-21(20-7-8-24(31-5)25(14-20)32-6)16-29(22)26(18(23)3)19(4)28-9-11-33-12-10-28/h7-8,13-17,19H,9-12H2,1-6H3. The molecular weight excluding hydrogens is 432 g/mol. The molecule has 7 nitrogen and oxygen atoms in total. The van der Waals surface area contributed by atoms with E-state index < -0.39 is 0 Å². The molecule has 7 heteroatoms. The number of hydrogen-bond donors (Lipinski definition) is 0. The Hall–Kier alpha value is -3.03. The molecular formula is C27H34N2O5. The lowest BCUT2D eigenvalue weighted by Gasteiger charge is -2.34. The van der Waals surface area contributed by atoms with Crippen LogP contribution in [-0.2, 0) is 9.47 Å². The zero-order valence-electron chi connectivity index (χ0n) is 20.9. The number of benzene rings is 1. The number of pyridine rings is 1. The average molecular weight is 467 g/mol. The molecule has 0 spiro atoms. The Bertz CT molecular complexity index is 1180. The molecule has 0 aliphatic carbocycles. The monoisotopic (exact) mass is 466 g/mol. The van der Waals surface area contributed by atoms with Gasteiger partial charge in [0.15, 0.2) is 11.5 Å². The van der Waals surface area contributed by atoms with Gasteiger partial charge >= 0.3 is 5.97 Å². The van der Waals surface area contributed by atoms with Crippen LogP contribution in [-0.4, -0.2) is 61.9 Å². The van der Waals surface area contributed by atoms with Crippen molar-refractivity contribution in [3.8, 4) is 22.6 Å². The first-order valence-electron chi connectivity index (χ1n) is 11.7. The van der Waals surface area contributed by atoms with E-state index in [2.05, 4.69) is 28.5 Å². The number of rotatable bonds is 7. The highest BCUT2D eigenvalue weighted by molar-refractivity contribution is 5.93. The Kier molecular flexibility index (Phi) is 7.14. The Labute approximate surface area is 201 Å². The molecule has 4 rings (SSSR count). The molecule has 34 heavy (non-hydrogen) atoms. The second kappa shape index (κ2) is 10.1. The van der Waals surface area contributed by atoms with Crippen LogP contribution in [0.4, 0.5) is 0 Å². The number of fused-ring (bicyclic) bond motifs is 1. The first kappa shape index (κ1) is 24.1. The summed E-state index contributed by atoms with van der Waals surface area (Å²) in [6, 6.07) is 10.0. The highest BCUT2D eigenvalue weighted by atomic mass is 16.5. The van der Waals surface area contributed by atoms with Crippen LogP contribution in [0.3, 0.4) is 0 Å². The lowest BCUT2D eigenvalue weighted by atomic mass is 10.0. The van der Waals surface area contributed by atoms with Crippen LogP contribution in [0.1, 0.15) is 48.4 Å². The Morgan fingerprint density at radius 3 is 2.32 bits per heavy atom. The maximum Gasteiger partial charge on any atom is 0.338 e. The Morgan fingerprint density at radius 2 is 1.68 bits per heavy atom. The molecule has 0 radical (unpaired) electrons. The molecule has 1 aliphatic heterocycles. The SMILES string of the molecule is COc1ccc(-c2cc3cc(C(=O)OC(C)C)c(C)c(C(C)N4CCOCC4)n3c2)cc1OC. The zero-order valence-corrected chi connectivity index (χ0v) is 20.9. The van der Waals surface area contributed by atoms with Crippen LogP contribution in [0, 0.1) is 6.92 Å². The fraction of sp³-hybridized carbons (Fsp3) is 0.444. The molecule has 3 heterocycles. The van der Waals surface area contributed by atoms with E-state index in [1.54, 1.807) is 14.2 Å². The second-order valence-electron chi connectivity index (χ2n) is 8.94. The first-order valence-corrected chi connectivity index (χ1v) is 11.7. The quantitative estimate of drug-likeness (QED) is 0.462. The minimum Gasteiger partial charge on any atom is -0.493 e. The molecule has 1 unspecified atom stereocenters. The molecule has 1 atom stereocenters. The third-order valence-corrected chi connectivity index (χ3v) is 6.46. The van der Waals surface area contributed by atoms with Crippen molar-refractivity contribution in [2.75, 3.05) is 40.5 Å². The van der Waals surface area contributed by atoms with Gasteiger partial charge in [-0.3, -0.25) is 4.90 Å². The van der Waals surface area contributed by atoms with Crippen molar-refractivity contribution in [1.82, 2.24) is 9.30 Å². The van der Waals surface area contributed by atoms with Crippen LogP contribution in [0.25, 0.3) is 16.6 Å². The number of hydrogen-bond acceptors (Lipinski definition) is 6. The van der Waals surface area contributed by atoms with Gasteiger partial charge in [0.25, 0.3) is 0 Å². The van der Waals surface area contributed by atoms with E-state index in [0.29, 0.717) is 30.3 Å². The molecule has 1 aliphatic rings. The van der Waals surface area contributed by atoms with Gasteiger partial charge in [-0.25, -0.2) is 4.79 Å². The molecule has 3 aromatic rings. The summed E-state index contributed by atoms with van der Waals surface area (Å²) in [4.78, 5) is 15.4. The van der Waals surface area contributed by atoms with Gasteiger partial charge in [0, 0.05) is 42.1 Å². The molecule has 1 fully saturated rings. The fourth-order valence-electron chi connectivity index (χ4n) is 4.69. The predicted octanol–water partition coefficient (Wildman–Crippen LogP) is 4.89. The largest absolute Gasteiger partial charge is 0.493 e. The van der Waals surface area contributed by atoms with Crippen molar-refractivity contribution in [3.63, 3.8) is 0 Å². The lowest BCUT2D eigenvalue weighted by Crippen LogP contribution is -2.39. The Morgan fingerprint density at radius 1 is 0.971 bits per heavy atom. The van der Waals surface area contributed by atoms with E-state index in [-0.39, 0.29) is 18.1 Å². The Balaban J connectivity index is 1.87. The number of aromatic nitrogens is 1. The van der Waals surface area contributed by atoms with Crippen molar-refractivity contribution in [2.24, 2.45) is 0 Å². The van der Waals surface area contributed by atoms with E-state index in [1.807, 2.05) is 45.0 Å². The van der Waals surface area contributed by atoms with Crippen LogP contribution in [0.15, 0.2) is 36.5 Å². The predicted molar refractivity (Wildman–Crippen MR) is 132 cm³/mol. The average Bonchev–Trinajstić information content (AvgIpc) is 3.26. The van der Waals surface area contributed by atoms with E-state index in [4.69, 9.17) is 18.9 Å². The number of carbonyl (C=O) groups is 1. The summed E-state index contributed by atoms with van der Waals surface area (Å²) in [6.07, 6.45) is 1.95. The first-order chi connectivity index (χ1) is 16.3. The maximum absolute atomic E-state index is 13.0. The highest BCUT2D eigenvalue weighted by Crippen LogP contribution is 2.35. The van der Waals surface area contributed by atoms with Crippen LogP contribution < -0.4 is 9.47 Å². The lowest BCUT2D eigenvalue weighted by molar-refractivity contribution is 0.0186. The van der Waals surface area contributed by atoms with Gasteiger partial charge in [0.05, 0.1) is 39.1 Å². The number of carbonyl (C=O) groups excluding carboxylic acids is 1. The summed E-state index contributed by atoms with van der Waals surface area (Å²) in [7, 11) is 3.26. The van der Waals surface area contributed by atoms with E-state index >= 15 is 0 Å². The summed E-state index contributed by atoms with van der Waals surface area (Å²) in [5.74, 6) is 1.07. The maximum atomic E-state index is 13.0. The van der Waals surface area contributed by atoms with Gasteiger partial charge in [-0.15, -0.1) is 0 Å². The van der Waals surface area contributed by atoms with Crippen LogP contribution >= 0.6 is 0 Å². The van der Waals surface area contributed by atoms with Gasteiger partial charge in [-0.1, -0.05) is 6.07 Å². The molecule has 0 saturated carbocycles. The minimum absolute atomic E-state index is 0.101. The van der Waals surface area contributed by atoms with E-state index in [1.165, 1.54) is 0 Å². The third-order valence-electron chi connectivity index (χ3n) is 6.46. The number of morpholine rings is 1. The van der Waals surface area contributed by atoms with Gasteiger partial charge in [-0.05, 0) is 63.1 Å². The number of ether oxygens (including phenoxy) is 4. The zero-order chi connectivity index (χ0) is 24.4. The summed E-state index contributed by atoms with van der Waals surface area (Å²) in [5.41, 5.74) is 5.61. The summed E-state index contributed by atoms with van der Waals surface area (Å²) >= 11 is 0. The molecule has 0 amide bonds. The smallest absolute Gasteiger partial charge is 0.338 e. The second-order valence-corrected chi connectivity index (χ2v) is 8.94. The summed E-state index contributed by atoms with van der Waals surface area (Å²) in [5, 5.41) is 0. The van der Waals surface area contributed by atoms with E-state index in [9.17, 15) is 4.79 Å². The number of nitrogens with zero attached hydrogens (tertiary/aromatic N) is 2. The van der Waals surface area contributed by atoms with Gasteiger partial charge < -0.3 is 23.3 Å². The van der Waals surface area contributed by atoms with Crippen molar-refractivity contribution in [2.45, 2.75) is 39.8 Å². The van der Waals surface area contributed by atoms with Gasteiger partial charge in [0.2, 0.25) is 0 Å². The molecule has 0 N–H and O–H groups in total. The van der Waals surface area contributed by atoms with E-state index in [0.717, 1.165) is 41.0 Å². The number of esters is 1. The van der Waals surface area contributed by atoms with Crippen LogP contribution in [0.5, 0.6) is 11.5 Å². The van der Waals surface area contributed by atoms with Crippen molar-refractivity contribution >= 4 is 11.5 Å². The normalized spacial score (nSPS) is 15.5. The minimum atomic E-state index is -0.292. The molecule has 1 aromatic carbocycles. The van der Waals surface area contributed by atoms with Crippen LogP contribution in [0.2, 0.25) is 0 Å². The summed E-state index contributed by atoms with van der Waals surface area (Å²) in [6.45, 7) is 11.1. The highest BCUT2D eigenvalue weighted by Gasteiger charge is 2.26. The van der Waals surface area contributed by atoms with Gasteiger partial charge in [-0.2, -0.15) is 0 Å². The van der Waals surface area contributed by atoms with Crippen molar-refractivity contribution in [3.05, 3.63) is 53.3 Å². The fourth-order valence-corrected chi connectivity index (χ4v) is 4.69. The third kappa shape index (κ3) is 4.63. The number of methoxy groups -OCH3 is 2. The molecule has 1 saturated heterocycles. The molecule has 182 valence electrons. The van der Waals surface area contributed by atoms with Gasteiger partial charge in [0.1, 0.15) is 0 Å². The topological polar surface area (TPSA) is 61.6 Å². The van der Waals surface area contributed by atoms with Crippen molar-refractivity contribution in [1.29, 1.82) is 0 Å². The summed E-state index contributed by atoms with van der Waals surface area (Å²) < 4.78 is 24.3.